The van der Waals surface area contributed by atoms with Crippen LogP contribution in [0.5, 0.6) is 0 Å². The van der Waals surface area contributed by atoms with E-state index in [-0.39, 0.29) is 11.8 Å². The molecule has 2 aromatic rings. The van der Waals surface area contributed by atoms with Crippen LogP contribution in [0.4, 0.5) is 0 Å². The van der Waals surface area contributed by atoms with Gasteiger partial charge in [0.15, 0.2) is 5.78 Å². The maximum Gasteiger partial charge on any atom is 0.181 e. The summed E-state index contributed by atoms with van der Waals surface area (Å²) in [6.45, 7) is 6.26. The number of nitrogens with zero attached hydrogens (tertiary/aromatic N) is 2. The lowest BCUT2D eigenvalue weighted by Crippen LogP contribution is -2.24. The molecule has 0 aromatic carbocycles. The summed E-state index contributed by atoms with van der Waals surface area (Å²) >= 11 is 5.96. The summed E-state index contributed by atoms with van der Waals surface area (Å²) in [5.74, 6) is 0.161. The van der Waals surface area contributed by atoms with E-state index in [2.05, 4.69) is 34.9 Å². The minimum atomic E-state index is 0.161. The lowest BCUT2D eigenvalue weighted by Gasteiger charge is -2.21. The quantitative estimate of drug-likeness (QED) is 0.784. The van der Waals surface area contributed by atoms with E-state index >= 15 is 0 Å². The number of aromatic nitrogens is 2. The van der Waals surface area contributed by atoms with E-state index in [1.807, 2.05) is 19.2 Å². The van der Waals surface area contributed by atoms with Crippen molar-refractivity contribution in [2.45, 2.75) is 58.9 Å². The fourth-order valence-corrected chi connectivity index (χ4v) is 3.49. The molecule has 0 spiro atoms. The maximum absolute atomic E-state index is 12.6. The lowest BCUT2D eigenvalue weighted by molar-refractivity contribution is -0.113. The van der Waals surface area contributed by atoms with Crippen molar-refractivity contribution in [2.24, 2.45) is 4.99 Å². The Morgan fingerprint density at radius 2 is 2.16 bits per heavy atom. The largest absolute Gasteiger partial charge is 0.330 e. The number of Topliss-reactive ketones (excluding diaryl/α,β-unsaturated/α-hetero) is 1. The lowest BCUT2D eigenvalue weighted by atomic mass is 9.91. The Bertz CT molecular complexity index is 863. The van der Waals surface area contributed by atoms with E-state index in [0.29, 0.717) is 17.3 Å². The molecule has 0 bridgehead atoms. The molecule has 1 atom stereocenters. The van der Waals surface area contributed by atoms with Crippen LogP contribution in [0.3, 0.4) is 0 Å². The average Bonchev–Trinajstić information content (AvgIpc) is 2.96. The first-order valence-electron chi connectivity index (χ1n) is 8.88. The van der Waals surface area contributed by atoms with Crippen LogP contribution in [0.2, 0.25) is 5.15 Å². The highest BCUT2D eigenvalue weighted by Crippen LogP contribution is 2.24. The van der Waals surface area contributed by atoms with E-state index < -0.39 is 0 Å². The number of aromatic amines is 1. The third-order valence-corrected chi connectivity index (χ3v) is 5.15. The molecule has 0 radical (unpaired) electrons. The zero-order chi connectivity index (χ0) is 18.0. The van der Waals surface area contributed by atoms with E-state index in [9.17, 15) is 4.79 Å². The van der Waals surface area contributed by atoms with Gasteiger partial charge in [-0.15, -0.1) is 0 Å². The number of aliphatic imine (C=N–C) groups is 1. The van der Waals surface area contributed by atoms with Gasteiger partial charge in [0.2, 0.25) is 0 Å². The third kappa shape index (κ3) is 4.01. The molecule has 5 heteroatoms. The molecule has 0 fully saturated rings. The van der Waals surface area contributed by atoms with Crippen molar-refractivity contribution in [3.05, 3.63) is 40.2 Å². The Labute approximate surface area is 153 Å². The number of nitrogens with one attached hydrogen (secondary N) is 1. The number of ketones is 1. The minimum absolute atomic E-state index is 0.161. The Morgan fingerprint density at radius 3 is 2.92 bits per heavy atom. The van der Waals surface area contributed by atoms with Gasteiger partial charge in [-0.1, -0.05) is 24.1 Å². The highest BCUT2D eigenvalue weighted by molar-refractivity contribution is 6.46. The summed E-state index contributed by atoms with van der Waals surface area (Å²) in [6, 6.07) is 4.21. The second kappa shape index (κ2) is 7.52. The number of carbonyl (C=O) groups excluding carboxylic acids is 1. The van der Waals surface area contributed by atoms with Crippen molar-refractivity contribution in [1.29, 1.82) is 0 Å². The first-order chi connectivity index (χ1) is 12.0. The number of fused-ring (bicyclic) bond motifs is 1. The molecule has 2 aromatic heterocycles. The Kier molecular flexibility index (Phi) is 5.38. The van der Waals surface area contributed by atoms with E-state index in [1.54, 1.807) is 0 Å². The van der Waals surface area contributed by atoms with Gasteiger partial charge in [-0.2, -0.15) is 0 Å². The Balaban J connectivity index is 1.62. The molecule has 132 valence electrons. The van der Waals surface area contributed by atoms with Crippen LogP contribution >= 0.6 is 11.6 Å². The van der Waals surface area contributed by atoms with Gasteiger partial charge >= 0.3 is 0 Å². The predicted octanol–water partition coefficient (Wildman–Crippen LogP) is 5.07. The van der Waals surface area contributed by atoms with Gasteiger partial charge in [0.25, 0.3) is 0 Å². The maximum atomic E-state index is 12.6. The van der Waals surface area contributed by atoms with Crippen LogP contribution in [0, 0.1) is 0 Å². The van der Waals surface area contributed by atoms with Crippen molar-refractivity contribution in [2.75, 3.05) is 0 Å². The summed E-state index contributed by atoms with van der Waals surface area (Å²) in [4.78, 5) is 24.7. The van der Waals surface area contributed by atoms with E-state index in [4.69, 9.17) is 11.6 Å². The normalized spacial score (nSPS) is 17.9. The van der Waals surface area contributed by atoms with Crippen LogP contribution in [0.25, 0.3) is 11.0 Å². The fourth-order valence-electron chi connectivity index (χ4n) is 3.29. The summed E-state index contributed by atoms with van der Waals surface area (Å²) in [6.07, 6.45) is 5.94. The van der Waals surface area contributed by atoms with Gasteiger partial charge in [0, 0.05) is 18.0 Å². The average molecular weight is 358 g/mol. The molecule has 0 saturated heterocycles. The van der Waals surface area contributed by atoms with Crippen LogP contribution in [0.15, 0.2) is 34.5 Å². The van der Waals surface area contributed by atoms with Crippen molar-refractivity contribution in [1.82, 2.24) is 9.97 Å². The number of allylic oxidation sites excluding steroid dienone is 1. The zero-order valence-electron chi connectivity index (χ0n) is 15.0. The molecule has 3 rings (SSSR count). The Hall–Kier alpha value is -1.94. The molecule has 1 unspecified atom stereocenters. The van der Waals surface area contributed by atoms with Gasteiger partial charge < -0.3 is 4.98 Å². The molecule has 4 nitrogen and oxygen atoms in total. The zero-order valence-corrected chi connectivity index (χ0v) is 15.8. The second-order valence-corrected chi connectivity index (χ2v) is 7.23. The summed E-state index contributed by atoms with van der Waals surface area (Å²) in [7, 11) is 0. The number of rotatable bonds is 6. The summed E-state index contributed by atoms with van der Waals surface area (Å²) in [5.41, 5.74) is 4.98. The molecule has 1 aliphatic heterocycles. The molecule has 25 heavy (non-hydrogen) atoms. The molecule has 3 heterocycles. The van der Waals surface area contributed by atoms with Crippen molar-refractivity contribution in [3.8, 4) is 0 Å². The fraction of sp³-hybridized carbons (Fsp3) is 0.450. The predicted molar refractivity (Wildman–Crippen MR) is 104 cm³/mol. The number of aryl methyl sites for hydroxylation is 1. The Morgan fingerprint density at radius 1 is 1.36 bits per heavy atom. The summed E-state index contributed by atoms with van der Waals surface area (Å²) in [5, 5.41) is 1.60. The summed E-state index contributed by atoms with van der Waals surface area (Å²) < 4.78 is 0. The molecule has 0 amide bonds. The van der Waals surface area contributed by atoms with Gasteiger partial charge in [0.1, 0.15) is 16.5 Å². The number of halogens is 1. The molecule has 1 aliphatic rings. The number of pyridine rings is 1. The van der Waals surface area contributed by atoms with E-state index in [0.717, 1.165) is 47.9 Å². The number of hydrogen-bond donors (Lipinski definition) is 1. The first-order valence-corrected chi connectivity index (χ1v) is 9.26. The van der Waals surface area contributed by atoms with Crippen LogP contribution in [0.1, 0.15) is 52.0 Å². The molecule has 0 aliphatic carbocycles. The highest BCUT2D eigenvalue weighted by Gasteiger charge is 2.22. The molecule has 0 saturated carbocycles. The monoisotopic (exact) mass is 357 g/mol. The van der Waals surface area contributed by atoms with Gasteiger partial charge in [-0.05, 0) is 62.8 Å². The van der Waals surface area contributed by atoms with Crippen LogP contribution < -0.4 is 0 Å². The topological polar surface area (TPSA) is 58.1 Å². The third-order valence-electron chi connectivity index (χ3n) is 4.95. The number of H-pyrrole nitrogens is 1. The smallest absolute Gasteiger partial charge is 0.181 e. The standard InChI is InChI=1S/C20H24ClN3O/c1-4-16-8-12(2)13(3)19(23-16)17(25)7-5-6-14-9-15-10-18(21)24-20(15)22-11-14/h9-11,16H,4-8H2,1-3H3,(H,22,24). The number of hydrogen-bond acceptors (Lipinski definition) is 3. The van der Waals surface area contributed by atoms with Gasteiger partial charge in [0.05, 0.1) is 6.04 Å². The van der Waals surface area contributed by atoms with Gasteiger partial charge in [-0.25, -0.2) is 4.98 Å². The molecule has 1 N–H and O–H groups in total. The second-order valence-electron chi connectivity index (χ2n) is 6.82. The van der Waals surface area contributed by atoms with Gasteiger partial charge in [-0.3, -0.25) is 9.79 Å². The van der Waals surface area contributed by atoms with Crippen molar-refractivity contribution >= 4 is 34.1 Å². The molecular weight excluding hydrogens is 334 g/mol. The SMILES string of the molecule is CCC1CC(C)=C(C)C(C(=O)CCCc2cnc3[nH]c(Cl)cc3c2)=N1. The number of carbonyl (C=O) groups is 1. The van der Waals surface area contributed by atoms with E-state index in [1.165, 1.54) is 5.57 Å². The number of dihydropyridines is 1. The molecular formula is C20H24ClN3O. The first kappa shape index (κ1) is 17.9. The minimum Gasteiger partial charge on any atom is -0.330 e. The van der Waals surface area contributed by atoms with Crippen molar-refractivity contribution in [3.63, 3.8) is 0 Å². The van der Waals surface area contributed by atoms with Crippen LogP contribution in [-0.4, -0.2) is 27.5 Å². The van der Waals surface area contributed by atoms with Crippen LogP contribution in [-0.2, 0) is 11.2 Å². The van der Waals surface area contributed by atoms with Crippen molar-refractivity contribution < 1.29 is 4.79 Å². The highest BCUT2D eigenvalue weighted by atomic mass is 35.5.